The van der Waals surface area contributed by atoms with Crippen LogP contribution in [0.4, 0.5) is 0 Å². The molecule has 6 heteroatoms. The zero-order chi connectivity index (χ0) is 13.5. The fourth-order valence-electron chi connectivity index (χ4n) is 1.27. The lowest BCUT2D eigenvalue weighted by molar-refractivity contribution is -0.119. The first-order valence-corrected chi connectivity index (χ1v) is 7.45. The van der Waals surface area contributed by atoms with E-state index in [0.717, 1.165) is 5.56 Å². The van der Waals surface area contributed by atoms with Crippen molar-refractivity contribution >= 4 is 40.9 Å². The Morgan fingerprint density at radius 3 is 2.83 bits per heavy atom. The molecule has 0 saturated carbocycles. The number of thioether (sulfide) groups is 1. The third-order valence-electron chi connectivity index (χ3n) is 2.27. The van der Waals surface area contributed by atoms with Crippen molar-refractivity contribution in [2.24, 2.45) is 5.73 Å². The fraction of sp³-hybridized carbons (Fsp3) is 0.417. The van der Waals surface area contributed by atoms with E-state index in [4.69, 9.17) is 28.9 Å². The molecular weight excluding hydrogens is 291 g/mol. The van der Waals surface area contributed by atoms with Gasteiger partial charge < -0.3 is 11.1 Å². The van der Waals surface area contributed by atoms with Gasteiger partial charge >= 0.3 is 0 Å². The number of carbonyl (C=O) groups excluding carboxylic acids is 1. The molecular formula is C12H16Cl2N2OS. The van der Waals surface area contributed by atoms with Crippen molar-refractivity contribution in [3.8, 4) is 0 Å². The number of amides is 1. The molecule has 0 aromatic heterocycles. The molecule has 1 aromatic carbocycles. The molecule has 0 heterocycles. The van der Waals surface area contributed by atoms with Crippen LogP contribution in [-0.2, 0) is 10.5 Å². The number of carbonyl (C=O) groups is 1. The number of nitrogens with two attached hydrogens (primary N) is 1. The number of hydrogen-bond donors (Lipinski definition) is 2. The second kappa shape index (κ2) is 7.89. The van der Waals surface area contributed by atoms with Gasteiger partial charge in [0.15, 0.2) is 0 Å². The minimum atomic E-state index is -0.0111. The maximum absolute atomic E-state index is 11.5. The van der Waals surface area contributed by atoms with E-state index in [9.17, 15) is 4.79 Å². The van der Waals surface area contributed by atoms with E-state index in [1.54, 1.807) is 12.1 Å². The van der Waals surface area contributed by atoms with Gasteiger partial charge in [-0.25, -0.2) is 0 Å². The topological polar surface area (TPSA) is 55.1 Å². The molecule has 0 radical (unpaired) electrons. The molecule has 0 fully saturated rings. The Hall–Kier alpha value is -0.420. The average Bonchev–Trinajstić information content (AvgIpc) is 2.31. The quantitative estimate of drug-likeness (QED) is 0.849. The lowest BCUT2D eigenvalue weighted by atomic mass is 10.2. The van der Waals surface area contributed by atoms with Crippen LogP contribution in [0, 0.1) is 0 Å². The van der Waals surface area contributed by atoms with Crippen molar-refractivity contribution in [3.05, 3.63) is 33.8 Å². The molecule has 1 amide bonds. The van der Waals surface area contributed by atoms with Crippen molar-refractivity contribution in [3.63, 3.8) is 0 Å². The highest BCUT2D eigenvalue weighted by Gasteiger charge is 2.07. The molecule has 0 unspecified atom stereocenters. The Labute approximate surface area is 121 Å². The molecule has 18 heavy (non-hydrogen) atoms. The summed E-state index contributed by atoms with van der Waals surface area (Å²) in [5.74, 6) is 1.06. The monoisotopic (exact) mass is 306 g/mol. The largest absolute Gasteiger partial charge is 0.352 e. The number of hydrogen-bond acceptors (Lipinski definition) is 3. The van der Waals surface area contributed by atoms with Gasteiger partial charge in [0.05, 0.1) is 5.75 Å². The Bertz CT molecular complexity index is 415. The van der Waals surface area contributed by atoms with Crippen LogP contribution in [0.15, 0.2) is 18.2 Å². The van der Waals surface area contributed by atoms with Gasteiger partial charge in [-0.2, -0.15) is 0 Å². The molecule has 100 valence electrons. The Kier molecular flexibility index (Phi) is 6.86. The first kappa shape index (κ1) is 15.6. The molecule has 0 spiro atoms. The molecule has 0 aliphatic heterocycles. The summed E-state index contributed by atoms with van der Waals surface area (Å²) < 4.78 is 0. The SMILES string of the molecule is C[C@@H](CN)NC(=O)CSCc1ccc(Cl)cc1Cl. The molecule has 3 nitrogen and oxygen atoms in total. The molecule has 0 aliphatic rings. The van der Waals surface area contributed by atoms with Gasteiger partial charge in [-0.3, -0.25) is 4.79 Å². The molecule has 0 bridgehead atoms. The zero-order valence-electron chi connectivity index (χ0n) is 10.1. The normalized spacial score (nSPS) is 12.2. The molecule has 0 aliphatic carbocycles. The van der Waals surface area contributed by atoms with Crippen LogP contribution < -0.4 is 11.1 Å². The summed E-state index contributed by atoms with van der Waals surface area (Å²) in [4.78, 5) is 11.5. The predicted octanol–water partition coefficient (Wildman–Crippen LogP) is 2.69. The average molecular weight is 307 g/mol. The van der Waals surface area contributed by atoms with Crippen molar-refractivity contribution in [2.45, 2.75) is 18.7 Å². The van der Waals surface area contributed by atoms with Gasteiger partial charge in [-0.15, -0.1) is 11.8 Å². The summed E-state index contributed by atoms with van der Waals surface area (Å²) in [5, 5.41) is 4.05. The van der Waals surface area contributed by atoms with Crippen molar-refractivity contribution in [1.29, 1.82) is 0 Å². The van der Waals surface area contributed by atoms with E-state index in [2.05, 4.69) is 5.32 Å². The zero-order valence-corrected chi connectivity index (χ0v) is 12.4. The second-order valence-corrected chi connectivity index (χ2v) is 5.76. The van der Waals surface area contributed by atoms with E-state index in [-0.39, 0.29) is 11.9 Å². The maximum Gasteiger partial charge on any atom is 0.230 e. The number of rotatable bonds is 6. The predicted molar refractivity (Wildman–Crippen MR) is 79.3 cm³/mol. The van der Waals surface area contributed by atoms with E-state index in [1.807, 2.05) is 13.0 Å². The van der Waals surface area contributed by atoms with E-state index >= 15 is 0 Å². The lowest BCUT2D eigenvalue weighted by Gasteiger charge is -2.11. The number of benzene rings is 1. The van der Waals surface area contributed by atoms with Gasteiger partial charge in [-0.05, 0) is 24.6 Å². The van der Waals surface area contributed by atoms with Crippen LogP contribution in [0.5, 0.6) is 0 Å². The van der Waals surface area contributed by atoms with Gasteiger partial charge in [-0.1, -0.05) is 29.3 Å². The standard InChI is InChI=1S/C12H16Cl2N2OS/c1-8(5-15)16-12(17)7-18-6-9-2-3-10(13)4-11(9)14/h2-4,8H,5-7,15H2,1H3,(H,16,17)/t8-/m0/s1. The van der Waals surface area contributed by atoms with Crippen LogP contribution in [0.25, 0.3) is 0 Å². The summed E-state index contributed by atoms with van der Waals surface area (Å²) in [6.07, 6.45) is 0. The van der Waals surface area contributed by atoms with Gasteiger partial charge in [0, 0.05) is 28.4 Å². The van der Waals surface area contributed by atoms with Crippen molar-refractivity contribution < 1.29 is 4.79 Å². The smallest absolute Gasteiger partial charge is 0.230 e. The molecule has 1 atom stereocenters. The van der Waals surface area contributed by atoms with Crippen molar-refractivity contribution in [2.75, 3.05) is 12.3 Å². The highest BCUT2D eigenvalue weighted by atomic mass is 35.5. The molecule has 1 rings (SSSR count). The molecule has 0 saturated heterocycles. The number of nitrogens with one attached hydrogen (secondary N) is 1. The van der Waals surface area contributed by atoms with E-state index in [1.165, 1.54) is 11.8 Å². The molecule has 1 aromatic rings. The van der Waals surface area contributed by atoms with Crippen LogP contribution in [0.3, 0.4) is 0 Å². The summed E-state index contributed by atoms with van der Waals surface area (Å²) >= 11 is 13.4. The Morgan fingerprint density at radius 2 is 2.22 bits per heavy atom. The maximum atomic E-state index is 11.5. The Balaban J connectivity index is 2.35. The van der Waals surface area contributed by atoms with Crippen molar-refractivity contribution in [1.82, 2.24) is 5.32 Å². The van der Waals surface area contributed by atoms with Crippen LogP contribution in [0.2, 0.25) is 10.0 Å². The summed E-state index contributed by atoms with van der Waals surface area (Å²) in [7, 11) is 0. The third kappa shape index (κ3) is 5.48. The summed E-state index contributed by atoms with van der Waals surface area (Å²) in [5.41, 5.74) is 6.40. The highest BCUT2D eigenvalue weighted by Crippen LogP contribution is 2.24. The Morgan fingerprint density at radius 1 is 1.50 bits per heavy atom. The minimum Gasteiger partial charge on any atom is -0.352 e. The van der Waals surface area contributed by atoms with Crippen LogP contribution >= 0.6 is 35.0 Å². The van der Waals surface area contributed by atoms with E-state index < -0.39 is 0 Å². The summed E-state index contributed by atoms with van der Waals surface area (Å²) in [6, 6.07) is 5.38. The lowest BCUT2D eigenvalue weighted by Crippen LogP contribution is -2.38. The highest BCUT2D eigenvalue weighted by molar-refractivity contribution is 7.99. The second-order valence-electron chi connectivity index (χ2n) is 3.93. The third-order valence-corrected chi connectivity index (χ3v) is 3.84. The van der Waals surface area contributed by atoms with Gasteiger partial charge in [0.2, 0.25) is 5.91 Å². The van der Waals surface area contributed by atoms with Gasteiger partial charge in [0.25, 0.3) is 0 Å². The number of halogens is 2. The minimum absolute atomic E-state index is 0.0111. The van der Waals surface area contributed by atoms with Crippen LogP contribution in [-0.4, -0.2) is 24.2 Å². The van der Waals surface area contributed by atoms with Crippen LogP contribution in [0.1, 0.15) is 12.5 Å². The first-order chi connectivity index (χ1) is 8.52. The molecule has 3 N–H and O–H groups in total. The fourth-order valence-corrected chi connectivity index (χ4v) is 2.66. The summed E-state index contributed by atoms with van der Waals surface area (Å²) in [6.45, 7) is 2.32. The van der Waals surface area contributed by atoms with Gasteiger partial charge in [0.1, 0.15) is 0 Å². The first-order valence-electron chi connectivity index (χ1n) is 5.54. The van der Waals surface area contributed by atoms with E-state index in [0.29, 0.717) is 28.1 Å².